The molecule has 1 aliphatic heterocycles. The second kappa shape index (κ2) is 8.42. The number of imidazole rings is 1. The fraction of sp³-hybridized carbons (Fsp3) is 0.250. The number of benzene rings is 2. The van der Waals surface area contributed by atoms with Crippen LogP contribution in [0.4, 0.5) is 15.8 Å². The summed E-state index contributed by atoms with van der Waals surface area (Å²) < 4.78 is 49.6. The van der Waals surface area contributed by atoms with Gasteiger partial charge in [-0.3, -0.25) is 9.52 Å². The molecule has 4 aromatic rings. The van der Waals surface area contributed by atoms with E-state index in [1.807, 2.05) is 17.6 Å². The molecule has 35 heavy (non-hydrogen) atoms. The van der Waals surface area contributed by atoms with Crippen LogP contribution in [0.2, 0.25) is 0 Å². The fourth-order valence-corrected chi connectivity index (χ4v) is 4.86. The van der Waals surface area contributed by atoms with Gasteiger partial charge >= 0.3 is 0 Å². The van der Waals surface area contributed by atoms with E-state index in [2.05, 4.69) is 15.0 Å². The molecule has 182 valence electrons. The quantitative estimate of drug-likeness (QED) is 0.439. The summed E-state index contributed by atoms with van der Waals surface area (Å²) >= 11 is 0. The highest BCUT2D eigenvalue weighted by Crippen LogP contribution is 2.39. The Bertz CT molecular complexity index is 1620. The van der Waals surface area contributed by atoms with Crippen LogP contribution >= 0.6 is 0 Å². The Kier molecular flexibility index (Phi) is 5.51. The van der Waals surface area contributed by atoms with Crippen molar-refractivity contribution in [3.05, 3.63) is 70.2 Å². The lowest BCUT2D eigenvalue weighted by atomic mass is 10.0. The molecule has 2 aromatic carbocycles. The Morgan fingerprint density at radius 3 is 2.69 bits per heavy atom. The molecule has 11 heteroatoms. The Labute approximate surface area is 201 Å². The highest BCUT2D eigenvalue weighted by atomic mass is 32.2. The first-order chi connectivity index (χ1) is 16.6. The van der Waals surface area contributed by atoms with Crippen LogP contribution in [0.1, 0.15) is 11.4 Å². The highest BCUT2D eigenvalue weighted by molar-refractivity contribution is 7.92. The zero-order valence-electron chi connectivity index (χ0n) is 19.4. The van der Waals surface area contributed by atoms with Crippen LogP contribution < -0.4 is 20.3 Å². The summed E-state index contributed by atoms with van der Waals surface area (Å²) in [6.45, 7) is 3.14. The Balaban J connectivity index is 1.76. The van der Waals surface area contributed by atoms with Gasteiger partial charge in [0.1, 0.15) is 29.5 Å². The van der Waals surface area contributed by atoms with Crippen LogP contribution in [0.3, 0.4) is 0 Å². The molecule has 3 heterocycles. The summed E-state index contributed by atoms with van der Waals surface area (Å²) in [6, 6.07) is 9.77. The Morgan fingerprint density at radius 1 is 1.23 bits per heavy atom. The molecule has 9 nitrogen and oxygen atoms in total. The average Bonchev–Trinajstić information content (AvgIpc) is 3.12. The topological polar surface area (TPSA) is 107 Å². The number of hydrogen-bond donors (Lipinski definition) is 2. The maximum atomic E-state index is 13.4. The van der Waals surface area contributed by atoms with E-state index >= 15 is 0 Å². The third kappa shape index (κ3) is 4.34. The number of hydrogen-bond acceptors (Lipinski definition) is 6. The van der Waals surface area contributed by atoms with Crippen LogP contribution in [0, 0.1) is 12.7 Å². The first-order valence-electron chi connectivity index (χ1n) is 10.9. The van der Waals surface area contributed by atoms with E-state index in [4.69, 9.17) is 4.74 Å². The number of halogens is 1. The molecule has 0 atom stereocenters. The number of nitrogens with zero attached hydrogens (tertiary/aromatic N) is 3. The summed E-state index contributed by atoms with van der Waals surface area (Å²) in [5, 5.41) is 3.11. The zero-order valence-corrected chi connectivity index (χ0v) is 20.2. The third-order valence-corrected chi connectivity index (χ3v) is 6.47. The molecule has 0 unspecified atom stereocenters. The Morgan fingerprint density at radius 2 is 1.97 bits per heavy atom. The molecule has 0 fully saturated rings. The van der Waals surface area contributed by atoms with Gasteiger partial charge in [-0.25, -0.2) is 17.8 Å². The molecular formula is C24H24FN5O4S. The van der Waals surface area contributed by atoms with E-state index in [1.54, 1.807) is 31.4 Å². The molecule has 0 saturated carbocycles. The molecule has 0 radical (unpaired) electrons. The van der Waals surface area contributed by atoms with E-state index in [9.17, 15) is 17.6 Å². The lowest BCUT2D eigenvalue weighted by Gasteiger charge is -2.22. The number of anilines is 2. The van der Waals surface area contributed by atoms with Gasteiger partial charge in [-0.2, -0.15) is 0 Å². The third-order valence-electron chi connectivity index (χ3n) is 5.88. The number of ether oxygens (including phenoxy) is 1. The van der Waals surface area contributed by atoms with Gasteiger partial charge in [-0.1, -0.05) is 12.1 Å². The number of pyridine rings is 1. The number of aromatic nitrogens is 3. The number of nitrogens with one attached hydrogen (secondary N) is 2. The van der Waals surface area contributed by atoms with Gasteiger partial charge in [0.15, 0.2) is 5.75 Å². The predicted molar refractivity (Wildman–Crippen MR) is 133 cm³/mol. The fourth-order valence-electron chi connectivity index (χ4n) is 4.30. The van der Waals surface area contributed by atoms with Gasteiger partial charge in [0.05, 0.1) is 17.5 Å². The summed E-state index contributed by atoms with van der Waals surface area (Å²) in [5.41, 5.74) is 3.79. The first-order valence-corrected chi connectivity index (χ1v) is 12.8. The van der Waals surface area contributed by atoms with Crippen molar-refractivity contribution >= 4 is 32.4 Å². The summed E-state index contributed by atoms with van der Waals surface area (Å²) in [4.78, 5) is 17.3. The van der Waals surface area contributed by atoms with Gasteiger partial charge in [0.25, 0.3) is 5.56 Å². The van der Waals surface area contributed by atoms with Crippen LogP contribution in [0.5, 0.6) is 5.75 Å². The summed E-state index contributed by atoms with van der Waals surface area (Å²) in [5.74, 6) is 0.764. The molecule has 5 rings (SSSR count). The van der Waals surface area contributed by atoms with Crippen molar-refractivity contribution in [1.82, 2.24) is 14.1 Å². The van der Waals surface area contributed by atoms with Crippen molar-refractivity contribution < 1.29 is 17.5 Å². The molecule has 0 aliphatic carbocycles. The van der Waals surface area contributed by atoms with E-state index in [1.165, 1.54) is 16.7 Å². The van der Waals surface area contributed by atoms with Crippen LogP contribution in [-0.2, 0) is 23.6 Å². The maximum Gasteiger partial charge on any atom is 0.277 e. The molecule has 0 amide bonds. The molecule has 0 spiro atoms. The van der Waals surface area contributed by atoms with E-state index in [0.29, 0.717) is 64.8 Å². The molecular weight excluding hydrogens is 473 g/mol. The lowest BCUT2D eigenvalue weighted by Crippen LogP contribution is -2.28. The molecule has 2 aromatic heterocycles. The Hall–Kier alpha value is -3.86. The van der Waals surface area contributed by atoms with Crippen molar-refractivity contribution in [3.8, 4) is 16.9 Å². The number of aryl methyl sites for hydroxylation is 2. The monoisotopic (exact) mass is 497 g/mol. The summed E-state index contributed by atoms with van der Waals surface area (Å²) in [6.07, 6.45) is 2.75. The number of rotatable bonds is 5. The molecule has 1 aliphatic rings. The van der Waals surface area contributed by atoms with E-state index < -0.39 is 10.0 Å². The van der Waals surface area contributed by atoms with E-state index in [-0.39, 0.29) is 11.4 Å². The molecule has 2 N–H and O–H groups in total. The minimum atomic E-state index is -3.61. The normalized spacial score (nSPS) is 13.3. The van der Waals surface area contributed by atoms with E-state index in [0.717, 1.165) is 11.8 Å². The largest absolute Gasteiger partial charge is 0.489 e. The highest BCUT2D eigenvalue weighted by Gasteiger charge is 2.23. The second-order valence-electron chi connectivity index (χ2n) is 8.58. The first kappa shape index (κ1) is 22.9. The van der Waals surface area contributed by atoms with Crippen LogP contribution in [-0.4, -0.2) is 41.9 Å². The lowest BCUT2D eigenvalue weighted by molar-refractivity contribution is 0.323. The standard InChI is InChI=1S/C24H24FN5O4S/c1-14-27-21-19(28-35(3,32)33)10-16(11-20(21)30(14)12-15-4-6-17(25)7-5-15)18-13-29(2)24(31)22-23(18)34-9-8-26-22/h4-7,10-11,13,26,28H,8-9,12H2,1-3H3. The molecule has 0 saturated heterocycles. The van der Waals surface area contributed by atoms with Gasteiger partial charge in [0, 0.05) is 31.9 Å². The smallest absolute Gasteiger partial charge is 0.277 e. The average molecular weight is 498 g/mol. The summed E-state index contributed by atoms with van der Waals surface area (Å²) in [7, 11) is -1.95. The van der Waals surface area contributed by atoms with Crippen molar-refractivity contribution in [3.63, 3.8) is 0 Å². The number of fused-ring (bicyclic) bond motifs is 2. The predicted octanol–water partition coefficient (Wildman–Crippen LogP) is 3.07. The van der Waals surface area contributed by atoms with Crippen LogP contribution in [0.15, 0.2) is 47.4 Å². The zero-order chi connectivity index (χ0) is 24.9. The van der Waals surface area contributed by atoms with Gasteiger partial charge < -0.3 is 19.2 Å². The van der Waals surface area contributed by atoms with Gasteiger partial charge in [-0.05, 0) is 42.3 Å². The SMILES string of the molecule is Cc1nc2c(NS(C)(=O)=O)cc(-c3cn(C)c(=O)c4c3OCCN4)cc2n1Cc1ccc(F)cc1. The van der Waals surface area contributed by atoms with Crippen molar-refractivity contribution in [2.75, 3.05) is 29.4 Å². The van der Waals surface area contributed by atoms with Crippen molar-refractivity contribution in [2.45, 2.75) is 13.5 Å². The second-order valence-corrected chi connectivity index (χ2v) is 10.3. The maximum absolute atomic E-state index is 13.4. The van der Waals surface area contributed by atoms with Gasteiger partial charge in [-0.15, -0.1) is 0 Å². The number of sulfonamides is 1. The van der Waals surface area contributed by atoms with Crippen LogP contribution in [0.25, 0.3) is 22.2 Å². The van der Waals surface area contributed by atoms with Crippen molar-refractivity contribution in [2.24, 2.45) is 7.05 Å². The minimum absolute atomic E-state index is 0.212. The van der Waals surface area contributed by atoms with Gasteiger partial charge in [0.2, 0.25) is 10.0 Å². The molecule has 0 bridgehead atoms. The van der Waals surface area contributed by atoms with Crippen molar-refractivity contribution in [1.29, 1.82) is 0 Å². The minimum Gasteiger partial charge on any atom is -0.489 e.